The Hall–Kier alpha value is -0.860. The minimum atomic E-state index is 0.263. The summed E-state index contributed by atoms with van der Waals surface area (Å²) >= 11 is 0. The molecule has 2 unspecified atom stereocenters. The van der Waals surface area contributed by atoms with Crippen molar-refractivity contribution in [2.24, 2.45) is 5.92 Å². The Morgan fingerprint density at radius 1 is 1.26 bits per heavy atom. The van der Waals surface area contributed by atoms with E-state index in [1.807, 2.05) is 0 Å². The molecule has 0 bridgehead atoms. The number of hydrogen-bond acceptors (Lipinski definition) is 2. The van der Waals surface area contributed by atoms with E-state index in [4.69, 9.17) is 4.74 Å². The molecule has 106 valence electrons. The maximum atomic E-state index is 6.06. The molecule has 0 amide bonds. The molecule has 19 heavy (non-hydrogen) atoms. The van der Waals surface area contributed by atoms with Gasteiger partial charge in [-0.2, -0.15) is 0 Å². The average molecular weight is 261 g/mol. The van der Waals surface area contributed by atoms with E-state index >= 15 is 0 Å². The monoisotopic (exact) mass is 261 g/mol. The van der Waals surface area contributed by atoms with Crippen molar-refractivity contribution in [3.63, 3.8) is 0 Å². The normalized spacial score (nSPS) is 23.8. The van der Waals surface area contributed by atoms with Crippen molar-refractivity contribution in [1.82, 2.24) is 5.32 Å². The number of hydrogen-bond donors (Lipinski definition) is 1. The van der Waals surface area contributed by atoms with Gasteiger partial charge in [0.2, 0.25) is 0 Å². The zero-order chi connectivity index (χ0) is 13.8. The molecule has 1 fully saturated rings. The Kier molecular flexibility index (Phi) is 5.00. The first-order chi connectivity index (χ1) is 9.08. The largest absolute Gasteiger partial charge is 0.373 e. The summed E-state index contributed by atoms with van der Waals surface area (Å²) in [5, 5.41) is 3.56. The van der Waals surface area contributed by atoms with Crippen LogP contribution in [0, 0.1) is 19.8 Å². The smallest absolute Gasteiger partial charge is 0.0865 e. The van der Waals surface area contributed by atoms with Crippen LogP contribution in [0.3, 0.4) is 0 Å². The molecule has 2 nitrogen and oxygen atoms in total. The lowest BCUT2D eigenvalue weighted by Crippen LogP contribution is -2.35. The summed E-state index contributed by atoms with van der Waals surface area (Å²) in [7, 11) is 0. The summed E-state index contributed by atoms with van der Waals surface area (Å²) < 4.78 is 6.06. The van der Waals surface area contributed by atoms with Crippen LogP contribution in [-0.4, -0.2) is 19.2 Å². The summed E-state index contributed by atoms with van der Waals surface area (Å²) in [5.74, 6) is 0.596. The first kappa shape index (κ1) is 14.5. The number of rotatable bonds is 4. The van der Waals surface area contributed by atoms with Crippen LogP contribution in [0.25, 0.3) is 0 Å². The van der Waals surface area contributed by atoms with E-state index in [9.17, 15) is 0 Å². The van der Waals surface area contributed by atoms with Gasteiger partial charge in [-0.05, 0) is 43.4 Å². The van der Waals surface area contributed by atoms with Crippen LogP contribution in [0.2, 0.25) is 0 Å². The number of ether oxygens (including phenoxy) is 1. The molecule has 1 aromatic rings. The van der Waals surface area contributed by atoms with Crippen LogP contribution in [0.4, 0.5) is 0 Å². The van der Waals surface area contributed by atoms with E-state index in [2.05, 4.69) is 51.2 Å². The van der Waals surface area contributed by atoms with Gasteiger partial charge >= 0.3 is 0 Å². The molecule has 0 aromatic heterocycles. The second kappa shape index (κ2) is 6.53. The summed E-state index contributed by atoms with van der Waals surface area (Å²) in [4.78, 5) is 0. The van der Waals surface area contributed by atoms with Crippen molar-refractivity contribution < 1.29 is 4.74 Å². The van der Waals surface area contributed by atoms with Crippen LogP contribution in [0.15, 0.2) is 18.2 Å². The van der Waals surface area contributed by atoms with Crippen molar-refractivity contribution >= 4 is 0 Å². The van der Waals surface area contributed by atoms with Gasteiger partial charge in [0, 0.05) is 25.1 Å². The molecule has 0 spiro atoms. The van der Waals surface area contributed by atoms with Gasteiger partial charge in [0.15, 0.2) is 0 Å². The van der Waals surface area contributed by atoms with Crippen molar-refractivity contribution in [3.8, 4) is 0 Å². The Morgan fingerprint density at radius 2 is 2.05 bits per heavy atom. The predicted octanol–water partition coefficient (Wildman–Crippen LogP) is 3.77. The third-order valence-corrected chi connectivity index (χ3v) is 4.09. The molecule has 0 aliphatic carbocycles. The van der Waals surface area contributed by atoms with Gasteiger partial charge in [0.05, 0.1) is 6.10 Å². The summed E-state index contributed by atoms with van der Waals surface area (Å²) in [6, 6.07) is 7.30. The van der Waals surface area contributed by atoms with E-state index in [1.54, 1.807) is 0 Å². The Morgan fingerprint density at radius 3 is 2.74 bits per heavy atom. The fourth-order valence-corrected chi connectivity index (χ4v) is 2.75. The molecule has 1 aromatic carbocycles. The number of aryl methyl sites for hydroxylation is 2. The molecular weight excluding hydrogens is 234 g/mol. The SMILES string of the molecule is Cc1ccc(C2OCCCC2CNC(C)C)cc1C. The van der Waals surface area contributed by atoms with E-state index in [-0.39, 0.29) is 6.10 Å². The molecule has 0 saturated carbocycles. The highest BCUT2D eigenvalue weighted by molar-refractivity contribution is 5.31. The van der Waals surface area contributed by atoms with Gasteiger partial charge in [0.1, 0.15) is 0 Å². The third kappa shape index (κ3) is 3.80. The molecule has 0 radical (unpaired) electrons. The first-order valence-corrected chi connectivity index (χ1v) is 7.50. The highest BCUT2D eigenvalue weighted by Crippen LogP contribution is 2.34. The predicted molar refractivity (Wildman–Crippen MR) is 80.5 cm³/mol. The Bertz CT molecular complexity index is 414. The quantitative estimate of drug-likeness (QED) is 0.891. The standard InChI is InChI=1S/C17H27NO/c1-12(2)18-11-16-6-5-9-19-17(16)15-8-7-13(3)14(4)10-15/h7-8,10,12,16-18H,5-6,9,11H2,1-4H3. The van der Waals surface area contributed by atoms with Gasteiger partial charge in [-0.1, -0.05) is 32.0 Å². The molecule has 2 heteroatoms. The van der Waals surface area contributed by atoms with Crippen LogP contribution in [0.5, 0.6) is 0 Å². The van der Waals surface area contributed by atoms with E-state index < -0.39 is 0 Å². The number of nitrogens with one attached hydrogen (secondary N) is 1. The van der Waals surface area contributed by atoms with Crippen LogP contribution >= 0.6 is 0 Å². The van der Waals surface area contributed by atoms with Gasteiger partial charge in [-0.15, -0.1) is 0 Å². The molecule has 2 atom stereocenters. The molecule has 1 N–H and O–H groups in total. The lowest BCUT2D eigenvalue weighted by Gasteiger charge is -2.33. The second-order valence-corrected chi connectivity index (χ2v) is 6.10. The van der Waals surface area contributed by atoms with Crippen molar-refractivity contribution in [2.75, 3.05) is 13.2 Å². The maximum absolute atomic E-state index is 6.06. The molecule has 1 heterocycles. The summed E-state index contributed by atoms with van der Waals surface area (Å²) in [6.45, 7) is 10.7. The molecular formula is C17H27NO. The second-order valence-electron chi connectivity index (χ2n) is 6.10. The Balaban J connectivity index is 2.11. The molecule has 2 rings (SSSR count). The first-order valence-electron chi connectivity index (χ1n) is 7.50. The lowest BCUT2D eigenvalue weighted by atomic mass is 9.88. The van der Waals surface area contributed by atoms with Crippen molar-refractivity contribution in [3.05, 3.63) is 34.9 Å². The van der Waals surface area contributed by atoms with Crippen LogP contribution < -0.4 is 5.32 Å². The average Bonchev–Trinajstić information content (AvgIpc) is 2.40. The zero-order valence-electron chi connectivity index (χ0n) is 12.7. The van der Waals surface area contributed by atoms with Gasteiger partial charge in [0.25, 0.3) is 0 Å². The minimum Gasteiger partial charge on any atom is -0.373 e. The highest BCUT2D eigenvalue weighted by atomic mass is 16.5. The maximum Gasteiger partial charge on any atom is 0.0865 e. The fourth-order valence-electron chi connectivity index (χ4n) is 2.75. The minimum absolute atomic E-state index is 0.263. The summed E-state index contributed by atoms with van der Waals surface area (Å²) in [6.07, 6.45) is 2.71. The van der Waals surface area contributed by atoms with Crippen LogP contribution in [-0.2, 0) is 4.74 Å². The van der Waals surface area contributed by atoms with Crippen LogP contribution in [0.1, 0.15) is 49.5 Å². The molecule has 1 saturated heterocycles. The van der Waals surface area contributed by atoms with Crippen molar-refractivity contribution in [1.29, 1.82) is 0 Å². The van der Waals surface area contributed by atoms with Gasteiger partial charge in [-0.3, -0.25) is 0 Å². The Labute approximate surface area is 117 Å². The van der Waals surface area contributed by atoms with Crippen molar-refractivity contribution in [2.45, 2.75) is 52.7 Å². The van der Waals surface area contributed by atoms with Gasteiger partial charge < -0.3 is 10.1 Å². The van der Waals surface area contributed by atoms with E-state index in [0.29, 0.717) is 12.0 Å². The molecule has 1 aliphatic heterocycles. The third-order valence-electron chi connectivity index (χ3n) is 4.09. The van der Waals surface area contributed by atoms with Gasteiger partial charge in [-0.25, -0.2) is 0 Å². The fraction of sp³-hybridized carbons (Fsp3) is 0.647. The number of benzene rings is 1. The van der Waals surface area contributed by atoms with E-state index in [0.717, 1.165) is 13.2 Å². The summed E-state index contributed by atoms with van der Waals surface area (Å²) in [5.41, 5.74) is 4.07. The lowest BCUT2D eigenvalue weighted by molar-refractivity contribution is -0.0282. The van der Waals surface area contributed by atoms with E-state index in [1.165, 1.54) is 29.5 Å². The zero-order valence-corrected chi connectivity index (χ0v) is 12.7. The highest BCUT2D eigenvalue weighted by Gasteiger charge is 2.27. The molecule has 1 aliphatic rings. The topological polar surface area (TPSA) is 21.3 Å².